The molecule has 0 spiro atoms. The van der Waals surface area contributed by atoms with Crippen molar-refractivity contribution in [2.45, 2.75) is 70.1 Å². The molecule has 1 aromatic rings. The highest BCUT2D eigenvalue weighted by Gasteiger charge is 2.36. The molecule has 0 aromatic carbocycles. The third-order valence-corrected chi connectivity index (χ3v) is 5.91. The van der Waals surface area contributed by atoms with Crippen molar-refractivity contribution in [1.29, 1.82) is 0 Å². The molecule has 0 bridgehead atoms. The quantitative estimate of drug-likeness (QED) is 0.496. The number of hydrogen-bond acceptors (Lipinski definition) is 4. The van der Waals surface area contributed by atoms with E-state index >= 15 is 0 Å². The number of rotatable bonds is 3. The average molecular weight is 353 g/mol. The SMILES string of the molecule is Cc1nn(C2NC(Cl)NCC2C2CCCCCCCC2)cc1C=O. The average Bonchev–Trinajstić information content (AvgIpc) is 3.01. The molecule has 3 rings (SSSR count). The van der Waals surface area contributed by atoms with Crippen molar-refractivity contribution >= 4 is 17.9 Å². The number of alkyl halides is 1. The Morgan fingerprint density at radius 1 is 1.21 bits per heavy atom. The summed E-state index contributed by atoms with van der Waals surface area (Å²) in [5, 5.41) is 11.4. The standard InChI is InChI=1S/C18H29ClN4O/c1-13-15(12-24)11-23(22-13)17-16(10-20-18(19)21-17)14-8-6-4-2-3-5-7-9-14/h11-12,14,16-18,20-21H,2-10H2,1H3. The monoisotopic (exact) mass is 352 g/mol. The molecule has 24 heavy (non-hydrogen) atoms. The van der Waals surface area contributed by atoms with Gasteiger partial charge in [-0.3, -0.25) is 20.1 Å². The minimum absolute atomic E-state index is 0.0481. The van der Waals surface area contributed by atoms with Crippen LogP contribution in [0.15, 0.2) is 6.20 Å². The van der Waals surface area contributed by atoms with Crippen molar-refractivity contribution in [2.75, 3.05) is 6.54 Å². The molecule has 1 aromatic heterocycles. The third kappa shape index (κ3) is 4.19. The van der Waals surface area contributed by atoms with Crippen LogP contribution in [-0.2, 0) is 0 Å². The van der Waals surface area contributed by atoms with Crippen molar-refractivity contribution in [3.8, 4) is 0 Å². The lowest BCUT2D eigenvalue weighted by Crippen LogP contribution is -2.55. The Morgan fingerprint density at radius 2 is 1.88 bits per heavy atom. The zero-order valence-electron chi connectivity index (χ0n) is 14.5. The molecule has 5 nitrogen and oxygen atoms in total. The van der Waals surface area contributed by atoms with Crippen molar-refractivity contribution in [2.24, 2.45) is 11.8 Å². The fourth-order valence-corrected chi connectivity index (χ4v) is 4.45. The topological polar surface area (TPSA) is 59.0 Å². The molecule has 2 heterocycles. The first-order valence-electron chi connectivity index (χ1n) is 9.33. The van der Waals surface area contributed by atoms with Crippen LogP contribution in [-0.4, -0.2) is 28.2 Å². The summed E-state index contributed by atoms with van der Waals surface area (Å²) in [6.45, 7) is 2.78. The van der Waals surface area contributed by atoms with Gasteiger partial charge >= 0.3 is 0 Å². The second-order valence-corrected chi connectivity index (χ2v) is 7.71. The molecular weight excluding hydrogens is 324 g/mol. The fraction of sp³-hybridized carbons (Fsp3) is 0.778. The van der Waals surface area contributed by atoms with E-state index in [1.807, 2.05) is 17.8 Å². The van der Waals surface area contributed by atoms with Gasteiger partial charge in [-0.1, -0.05) is 63.0 Å². The molecule has 6 heteroatoms. The van der Waals surface area contributed by atoms with Gasteiger partial charge in [-0.15, -0.1) is 0 Å². The predicted molar refractivity (Wildman–Crippen MR) is 96.1 cm³/mol. The van der Waals surface area contributed by atoms with Gasteiger partial charge in [-0.25, -0.2) is 0 Å². The highest BCUT2D eigenvalue weighted by Crippen LogP contribution is 2.35. The van der Waals surface area contributed by atoms with Crippen LogP contribution in [0.2, 0.25) is 0 Å². The maximum atomic E-state index is 11.2. The summed E-state index contributed by atoms with van der Waals surface area (Å²) in [7, 11) is 0. The molecule has 2 aliphatic rings. The summed E-state index contributed by atoms with van der Waals surface area (Å²) in [5.41, 5.74) is 1.19. The Balaban J connectivity index is 1.80. The maximum Gasteiger partial charge on any atom is 0.153 e. The summed E-state index contributed by atoms with van der Waals surface area (Å²) < 4.78 is 1.92. The summed E-state index contributed by atoms with van der Waals surface area (Å²) in [6.07, 6.45) is 13.4. The van der Waals surface area contributed by atoms with Crippen LogP contribution in [0.3, 0.4) is 0 Å². The lowest BCUT2D eigenvalue weighted by atomic mass is 9.81. The number of halogens is 1. The third-order valence-electron chi connectivity index (χ3n) is 5.63. The molecule has 3 unspecified atom stereocenters. The Hall–Kier alpha value is -0.910. The van der Waals surface area contributed by atoms with Gasteiger partial charge in [0.1, 0.15) is 11.8 Å². The van der Waals surface area contributed by atoms with Gasteiger partial charge in [-0.05, 0) is 12.8 Å². The molecule has 134 valence electrons. The van der Waals surface area contributed by atoms with Crippen LogP contribution in [0.5, 0.6) is 0 Å². The zero-order chi connectivity index (χ0) is 16.9. The van der Waals surface area contributed by atoms with Gasteiger partial charge in [0.25, 0.3) is 0 Å². The van der Waals surface area contributed by atoms with E-state index in [0.29, 0.717) is 17.4 Å². The number of nitrogens with zero attached hydrogens (tertiary/aromatic N) is 2. The van der Waals surface area contributed by atoms with Crippen LogP contribution in [0.25, 0.3) is 0 Å². The van der Waals surface area contributed by atoms with Gasteiger partial charge < -0.3 is 0 Å². The van der Waals surface area contributed by atoms with E-state index in [2.05, 4.69) is 15.7 Å². The van der Waals surface area contributed by atoms with E-state index in [4.69, 9.17) is 11.6 Å². The van der Waals surface area contributed by atoms with Crippen LogP contribution in [0.4, 0.5) is 0 Å². The molecule has 1 saturated heterocycles. The Kier molecular flexibility index (Phi) is 6.31. The Labute approximate surface area is 149 Å². The second-order valence-electron chi connectivity index (χ2n) is 7.27. The van der Waals surface area contributed by atoms with E-state index in [9.17, 15) is 4.79 Å². The first-order chi connectivity index (χ1) is 11.7. The van der Waals surface area contributed by atoms with Crippen LogP contribution in [0, 0.1) is 18.8 Å². The number of aromatic nitrogens is 2. The molecule has 1 aliphatic carbocycles. The van der Waals surface area contributed by atoms with Gasteiger partial charge in [-0.2, -0.15) is 5.10 Å². The minimum atomic E-state index is -0.258. The smallest absolute Gasteiger partial charge is 0.153 e. The number of carbonyl (C=O) groups is 1. The molecule has 2 fully saturated rings. The first kappa shape index (κ1) is 17.9. The predicted octanol–water partition coefficient (Wildman–Crippen LogP) is 3.58. The largest absolute Gasteiger partial charge is 0.298 e. The minimum Gasteiger partial charge on any atom is -0.298 e. The van der Waals surface area contributed by atoms with Gasteiger partial charge in [0.05, 0.1) is 11.3 Å². The number of hydrogen-bond donors (Lipinski definition) is 2. The van der Waals surface area contributed by atoms with Gasteiger partial charge in [0, 0.05) is 18.7 Å². The van der Waals surface area contributed by atoms with Gasteiger partial charge in [0.2, 0.25) is 0 Å². The fourth-order valence-electron chi connectivity index (χ4n) is 4.23. The highest BCUT2D eigenvalue weighted by molar-refractivity contribution is 6.20. The zero-order valence-corrected chi connectivity index (χ0v) is 15.3. The molecule has 1 saturated carbocycles. The van der Waals surface area contributed by atoms with E-state index in [1.165, 1.54) is 51.4 Å². The van der Waals surface area contributed by atoms with Crippen LogP contribution >= 0.6 is 11.6 Å². The Bertz CT molecular complexity index is 537. The number of carbonyl (C=O) groups excluding carboxylic acids is 1. The molecular formula is C18H29ClN4O. The Morgan fingerprint density at radius 3 is 2.50 bits per heavy atom. The number of nitrogens with one attached hydrogen (secondary N) is 2. The van der Waals surface area contributed by atoms with Crippen LogP contribution in [0.1, 0.15) is 73.6 Å². The summed E-state index contributed by atoms with van der Waals surface area (Å²) >= 11 is 6.30. The molecule has 3 atom stereocenters. The van der Waals surface area contributed by atoms with Gasteiger partial charge in [0.15, 0.2) is 6.29 Å². The molecule has 0 amide bonds. The van der Waals surface area contributed by atoms with E-state index < -0.39 is 0 Å². The van der Waals surface area contributed by atoms with Crippen molar-refractivity contribution in [3.05, 3.63) is 17.5 Å². The molecule has 2 N–H and O–H groups in total. The normalized spacial score (nSPS) is 30.3. The summed E-state index contributed by atoms with van der Waals surface area (Å²) in [6, 6.07) is 0. The lowest BCUT2D eigenvalue weighted by Gasteiger charge is -2.40. The van der Waals surface area contributed by atoms with Crippen molar-refractivity contribution in [1.82, 2.24) is 20.4 Å². The highest BCUT2D eigenvalue weighted by atomic mass is 35.5. The first-order valence-corrected chi connectivity index (χ1v) is 9.77. The van der Waals surface area contributed by atoms with E-state index in [-0.39, 0.29) is 11.8 Å². The van der Waals surface area contributed by atoms with Crippen molar-refractivity contribution in [3.63, 3.8) is 0 Å². The molecule has 0 radical (unpaired) electrons. The number of aldehydes is 1. The summed E-state index contributed by atoms with van der Waals surface area (Å²) in [5.74, 6) is 1.11. The summed E-state index contributed by atoms with van der Waals surface area (Å²) in [4.78, 5) is 11.2. The van der Waals surface area contributed by atoms with Crippen LogP contribution < -0.4 is 10.6 Å². The molecule has 1 aliphatic heterocycles. The maximum absolute atomic E-state index is 11.2. The van der Waals surface area contributed by atoms with E-state index in [0.717, 1.165) is 18.5 Å². The number of aryl methyl sites for hydroxylation is 1. The van der Waals surface area contributed by atoms with E-state index in [1.54, 1.807) is 0 Å². The van der Waals surface area contributed by atoms with Crippen molar-refractivity contribution < 1.29 is 4.79 Å². The second kappa shape index (κ2) is 8.45. The lowest BCUT2D eigenvalue weighted by molar-refractivity contribution is 0.111.